The van der Waals surface area contributed by atoms with Crippen molar-refractivity contribution in [2.45, 2.75) is 13.0 Å². The highest BCUT2D eigenvalue weighted by Crippen LogP contribution is 2.15. The van der Waals surface area contributed by atoms with Gasteiger partial charge in [0, 0.05) is 22.8 Å². The van der Waals surface area contributed by atoms with Gasteiger partial charge in [0.1, 0.15) is 0 Å². The topological polar surface area (TPSA) is 89.4 Å². The second-order valence-corrected chi connectivity index (χ2v) is 2.99. The van der Waals surface area contributed by atoms with E-state index in [4.69, 9.17) is 10.8 Å². The number of aliphatic hydroxyl groups is 1. The number of benzene rings is 1. The normalized spacial score (nSPS) is 10.1. The van der Waals surface area contributed by atoms with E-state index in [1.54, 1.807) is 18.2 Å². The molecule has 0 aromatic heterocycles. The van der Waals surface area contributed by atoms with Gasteiger partial charge in [-0.3, -0.25) is 10.1 Å². The predicted octanol–water partition coefficient (Wildman–Crippen LogP) is 0.580. The maximum absolute atomic E-state index is 10.3. The zero-order chi connectivity index (χ0) is 10.6. The van der Waals surface area contributed by atoms with Crippen LogP contribution in [0.4, 0.5) is 5.69 Å². The molecule has 0 unspecified atom stereocenters. The summed E-state index contributed by atoms with van der Waals surface area (Å²) in [5, 5.41) is 19.1. The van der Waals surface area contributed by atoms with Crippen LogP contribution in [0, 0.1) is 10.1 Å². The van der Waals surface area contributed by atoms with E-state index in [0.29, 0.717) is 17.7 Å². The third-order valence-corrected chi connectivity index (χ3v) is 1.91. The molecule has 1 rings (SSSR count). The fraction of sp³-hybridized carbons (Fsp3) is 0.333. The van der Waals surface area contributed by atoms with E-state index < -0.39 is 4.92 Å². The third kappa shape index (κ3) is 2.70. The summed E-state index contributed by atoms with van der Waals surface area (Å²) < 4.78 is 0. The molecule has 0 atom stereocenters. The van der Waals surface area contributed by atoms with Crippen LogP contribution in [0.15, 0.2) is 18.2 Å². The molecule has 0 radical (unpaired) electrons. The number of aliphatic hydroxyl groups excluding tert-OH is 1. The van der Waals surface area contributed by atoms with Crippen LogP contribution in [0.25, 0.3) is 0 Å². The Morgan fingerprint density at radius 3 is 2.71 bits per heavy atom. The lowest BCUT2D eigenvalue weighted by Crippen LogP contribution is -2.04. The molecule has 3 N–H and O–H groups in total. The van der Waals surface area contributed by atoms with Crippen LogP contribution in [0.3, 0.4) is 0 Å². The highest BCUT2D eigenvalue weighted by Gasteiger charge is 2.08. The fourth-order valence-electron chi connectivity index (χ4n) is 1.30. The summed E-state index contributed by atoms with van der Waals surface area (Å²) in [5.41, 5.74) is 7.37. The van der Waals surface area contributed by atoms with E-state index in [9.17, 15) is 10.1 Å². The van der Waals surface area contributed by atoms with Crippen LogP contribution in [-0.4, -0.2) is 16.6 Å². The molecule has 5 nitrogen and oxygen atoms in total. The highest BCUT2D eigenvalue weighted by molar-refractivity contribution is 5.44. The summed E-state index contributed by atoms with van der Waals surface area (Å²) in [7, 11) is 0. The van der Waals surface area contributed by atoms with Crippen LogP contribution < -0.4 is 5.73 Å². The van der Waals surface area contributed by atoms with Gasteiger partial charge in [0.05, 0.1) is 0 Å². The van der Waals surface area contributed by atoms with Crippen molar-refractivity contribution in [3.8, 4) is 0 Å². The number of nitrogens with zero attached hydrogens (tertiary/aromatic N) is 1. The second-order valence-electron chi connectivity index (χ2n) is 2.99. The van der Waals surface area contributed by atoms with Gasteiger partial charge in [-0.05, 0) is 24.1 Å². The molecule has 0 saturated carbocycles. The Balaban J connectivity index is 2.96. The van der Waals surface area contributed by atoms with Crippen molar-refractivity contribution >= 4 is 5.69 Å². The standard InChI is InChI=1S/C9H12N2O3/c10-9-2-1-7(3-4-12)8(5-9)6-11(13)14/h1-2,5,12H,3-4,6,10H2. The van der Waals surface area contributed by atoms with E-state index in [2.05, 4.69) is 0 Å². The molecule has 1 aromatic carbocycles. The molecule has 0 saturated heterocycles. The van der Waals surface area contributed by atoms with Crippen molar-refractivity contribution in [2.24, 2.45) is 0 Å². The van der Waals surface area contributed by atoms with Crippen molar-refractivity contribution in [1.29, 1.82) is 0 Å². The molecule has 0 aliphatic carbocycles. The lowest BCUT2D eigenvalue weighted by molar-refractivity contribution is -0.496. The number of nitro groups is 1. The van der Waals surface area contributed by atoms with Crippen molar-refractivity contribution in [3.05, 3.63) is 39.4 Å². The van der Waals surface area contributed by atoms with Crippen molar-refractivity contribution < 1.29 is 10.0 Å². The number of nitrogens with two attached hydrogens (primary N) is 1. The molecule has 0 fully saturated rings. The Hall–Kier alpha value is -1.62. The fourth-order valence-corrected chi connectivity index (χ4v) is 1.30. The molecule has 0 spiro atoms. The molecule has 1 aromatic rings. The third-order valence-electron chi connectivity index (χ3n) is 1.91. The summed E-state index contributed by atoms with van der Waals surface area (Å²) in [6.45, 7) is -0.269. The molecule has 0 aliphatic rings. The van der Waals surface area contributed by atoms with Crippen molar-refractivity contribution in [1.82, 2.24) is 0 Å². The molecule has 5 heteroatoms. The van der Waals surface area contributed by atoms with Crippen molar-refractivity contribution in [2.75, 3.05) is 12.3 Å². The maximum atomic E-state index is 10.3. The summed E-state index contributed by atoms with van der Waals surface area (Å²) in [6.07, 6.45) is 0.420. The van der Waals surface area contributed by atoms with Gasteiger partial charge in [0.25, 0.3) is 0 Å². The van der Waals surface area contributed by atoms with Crippen LogP contribution in [0.5, 0.6) is 0 Å². The van der Waals surface area contributed by atoms with E-state index in [1.165, 1.54) is 0 Å². The van der Waals surface area contributed by atoms with Crippen LogP contribution >= 0.6 is 0 Å². The van der Waals surface area contributed by atoms with E-state index in [1.807, 2.05) is 0 Å². The largest absolute Gasteiger partial charge is 0.399 e. The Bertz CT molecular complexity index is 339. The van der Waals surface area contributed by atoms with Gasteiger partial charge in [-0.15, -0.1) is 0 Å². The van der Waals surface area contributed by atoms with Gasteiger partial charge in [0.15, 0.2) is 0 Å². The lowest BCUT2D eigenvalue weighted by atomic mass is 10.0. The van der Waals surface area contributed by atoms with Crippen LogP contribution in [0.2, 0.25) is 0 Å². The molecule has 0 heterocycles. The Morgan fingerprint density at radius 1 is 1.43 bits per heavy atom. The minimum absolute atomic E-state index is 0.0192. The average molecular weight is 196 g/mol. The highest BCUT2D eigenvalue weighted by atomic mass is 16.6. The van der Waals surface area contributed by atoms with Crippen LogP contribution in [0.1, 0.15) is 11.1 Å². The Labute approximate surface area is 81.3 Å². The maximum Gasteiger partial charge on any atom is 0.229 e. The minimum atomic E-state index is -0.407. The van der Waals surface area contributed by atoms with Gasteiger partial charge in [0.2, 0.25) is 6.54 Å². The summed E-state index contributed by atoms with van der Waals surface area (Å²) >= 11 is 0. The van der Waals surface area contributed by atoms with Gasteiger partial charge in [-0.2, -0.15) is 0 Å². The van der Waals surface area contributed by atoms with Gasteiger partial charge < -0.3 is 10.8 Å². The smallest absolute Gasteiger partial charge is 0.229 e. The van der Waals surface area contributed by atoms with E-state index in [0.717, 1.165) is 5.56 Å². The number of anilines is 1. The second kappa shape index (κ2) is 4.57. The predicted molar refractivity (Wildman–Crippen MR) is 52.3 cm³/mol. The van der Waals surface area contributed by atoms with Gasteiger partial charge in [-0.25, -0.2) is 0 Å². The van der Waals surface area contributed by atoms with Crippen molar-refractivity contribution in [3.63, 3.8) is 0 Å². The first-order valence-corrected chi connectivity index (χ1v) is 4.23. The first kappa shape index (κ1) is 10.5. The number of hydrogen-bond acceptors (Lipinski definition) is 4. The summed E-state index contributed by atoms with van der Waals surface area (Å²) in [5.74, 6) is 0. The lowest BCUT2D eigenvalue weighted by Gasteiger charge is -2.05. The number of rotatable bonds is 4. The molecular weight excluding hydrogens is 184 g/mol. The number of hydrogen-bond donors (Lipinski definition) is 2. The number of nitrogen functional groups attached to an aromatic ring is 1. The van der Waals surface area contributed by atoms with Gasteiger partial charge >= 0.3 is 0 Å². The van der Waals surface area contributed by atoms with E-state index in [-0.39, 0.29) is 13.2 Å². The zero-order valence-corrected chi connectivity index (χ0v) is 7.64. The average Bonchev–Trinajstić information content (AvgIpc) is 2.09. The first-order chi connectivity index (χ1) is 6.63. The molecule has 0 amide bonds. The molecular formula is C9H12N2O3. The summed E-state index contributed by atoms with van der Waals surface area (Å²) in [6, 6.07) is 4.96. The van der Waals surface area contributed by atoms with E-state index >= 15 is 0 Å². The molecule has 0 aliphatic heterocycles. The molecule has 0 bridgehead atoms. The Kier molecular flexibility index (Phi) is 3.41. The zero-order valence-electron chi connectivity index (χ0n) is 7.64. The van der Waals surface area contributed by atoms with Crippen LogP contribution in [-0.2, 0) is 13.0 Å². The molecule has 76 valence electrons. The first-order valence-electron chi connectivity index (χ1n) is 4.23. The summed E-state index contributed by atoms with van der Waals surface area (Å²) in [4.78, 5) is 9.93. The Morgan fingerprint density at radius 2 is 2.14 bits per heavy atom. The minimum Gasteiger partial charge on any atom is -0.399 e. The van der Waals surface area contributed by atoms with Gasteiger partial charge in [-0.1, -0.05) is 6.07 Å². The monoisotopic (exact) mass is 196 g/mol. The SMILES string of the molecule is Nc1ccc(CCO)c(C[N+](=O)[O-])c1. The quantitative estimate of drug-likeness (QED) is 0.418. The molecule has 14 heavy (non-hydrogen) atoms.